The third kappa shape index (κ3) is 3.19. The molecule has 0 atom stereocenters. The SMILES string of the molecule is CCN(CC(=O)N(C)C)c1ccc2c(c1)CCCN2. The van der Waals surface area contributed by atoms with E-state index in [2.05, 4.69) is 35.3 Å². The van der Waals surface area contributed by atoms with E-state index in [9.17, 15) is 4.79 Å². The van der Waals surface area contributed by atoms with Crippen LogP contribution in [0.1, 0.15) is 18.9 Å². The van der Waals surface area contributed by atoms with Crippen molar-refractivity contribution in [2.45, 2.75) is 19.8 Å². The fraction of sp³-hybridized carbons (Fsp3) is 0.533. The van der Waals surface area contributed by atoms with Gasteiger partial charge in [0, 0.05) is 38.6 Å². The summed E-state index contributed by atoms with van der Waals surface area (Å²) in [5, 5.41) is 3.41. The van der Waals surface area contributed by atoms with Gasteiger partial charge in [0.2, 0.25) is 5.91 Å². The van der Waals surface area contributed by atoms with E-state index in [1.165, 1.54) is 17.7 Å². The van der Waals surface area contributed by atoms with E-state index in [-0.39, 0.29) is 5.91 Å². The van der Waals surface area contributed by atoms with E-state index in [0.29, 0.717) is 6.54 Å². The minimum Gasteiger partial charge on any atom is -0.385 e. The fourth-order valence-corrected chi connectivity index (χ4v) is 2.35. The molecule has 0 unspecified atom stereocenters. The first-order chi connectivity index (χ1) is 9.11. The summed E-state index contributed by atoms with van der Waals surface area (Å²) in [4.78, 5) is 15.6. The van der Waals surface area contributed by atoms with Gasteiger partial charge < -0.3 is 15.1 Å². The van der Waals surface area contributed by atoms with Crippen molar-refractivity contribution in [1.82, 2.24) is 4.90 Å². The Morgan fingerprint density at radius 2 is 2.16 bits per heavy atom. The minimum absolute atomic E-state index is 0.137. The van der Waals surface area contributed by atoms with Gasteiger partial charge in [-0.15, -0.1) is 0 Å². The fourth-order valence-electron chi connectivity index (χ4n) is 2.35. The maximum absolute atomic E-state index is 11.8. The molecule has 1 N–H and O–H groups in total. The Bertz CT molecular complexity index is 457. The lowest BCUT2D eigenvalue weighted by molar-refractivity contribution is -0.127. The average Bonchev–Trinajstić information content (AvgIpc) is 2.43. The molecule has 1 heterocycles. The van der Waals surface area contributed by atoms with Crippen LogP contribution in [-0.4, -0.2) is 44.5 Å². The minimum atomic E-state index is 0.137. The van der Waals surface area contributed by atoms with Crippen molar-refractivity contribution in [3.63, 3.8) is 0 Å². The number of fused-ring (bicyclic) bond motifs is 1. The van der Waals surface area contributed by atoms with Crippen molar-refractivity contribution in [3.8, 4) is 0 Å². The van der Waals surface area contributed by atoms with E-state index in [1.807, 2.05) is 0 Å². The van der Waals surface area contributed by atoms with Crippen LogP contribution in [0.5, 0.6) is 0 Å². The molecule has 19 heavy (non-hydrogen) atoms. The number of nitrogens with one attached hydrogen (secondary N) is 1. The Morgan fingerprint density at radius 3 is 2.84 bits per heavy atom. The zero-order valence-electron chi connectivity index (χ0n) is 12.1. The van der Waals surface area contributed by atoms with E-state index in [1.54, 1.807) is 19.0 Å². The summed E-state index contributed by atoms with van der Waals surface area (Å²) in [6.45, 7) is 4.42. The Labute approximate surface area is 115 Å². The number of amides is 1. The second-order valence-corrected chi connectivity index (χ2v) is 5.17. The van der Waals surface area contributed by atoms with Crippen LogP contribution < -0.4 is 10.2 Å². The van der Waals surface area contributed by atoms with Gasteiger partial charge in [-0.3, -0.25) is 4.79 Å². The van der Waals surface area contributed by atoms with Crippen molar-refractivity contribution in [2.75, 3.05) is 43.9 Å². The lowest BCUT2D eigenvalue weighted by Crippen LogP contribution is -2.36. The summed E-state index contributed by atoms with van der Waals surface area (Å²) in [6, 6.07) is 6.45. The number of hydrogen-bond donors (Lipinski definition) is 1. The second kappa shape index (κ2) is 5.95. The predicted molar refractivity (Wildman–Crippen MR) is 79.8 cm³/mol. The van der Waals surface area contributed by atoms with Gasteiger partial charge in [0.25, 0.3) is 0 Å². The topological polar surface area (TPSA) is 35.6 Å². The maximum atomic E-state index is 11.8. The number of nitrogens with zero attached hydrogens (tertiary/aromatic N) is 2. The first kappa shape index (κ1) is 13.7. The summed E-state index contributed by atoms with van der Waals surface area (Å²) < 4.78 is 0. The van der Waals surface area contributed by atoms with Crippen LogP contribution in [0, 0.1) is 0 Å². The highest BCUT2D eigenvalue weighted by molar-refractivity contribution is 5.81. The molecule has 0 bridgehead atoms. The molecular weight excluding hydrogens is 238 g/mol. The molecule has 0 aromatic heterocycles. The smallest absolute Gasteiger partial charge is 0.241 e. The van der Waals surface area contributed by atoms with Gasteiger partial charge in [0.05, 0.1) is 6.54 Å². The van der Waals surface area contributed by atoms with Crippen LogP contribution in [-0.2, 0) is 11.2 Å². The van der Waals surface area contributed by atoms with Crippen LogP contribution in [0.3, 0.4) is 0 Å². The summed E-state index contributed by atoms with van der Waals surface area (Å²) in [5.74, 6) is 0.137. The van der Waals surface area contributed by atoms with Gasteiger partial charge in [0.15, 0.2) is 0 Å². The zero-order chi connectivity index (χ0) is 13.8. The molecule has 2 rings (SSSR count). The number of carbonyl (C=O) groups is 1. The third-order valence-electron chi connectivity index (χ3n) is 3.60. The Hall–Kier alpha value is -1.71. The van der Waals surface area contributed by atoms with E-state index < -0.39 is 0 Å². The first-order valence-electron chi connectivity index (χ1n) is 6.93. The van der Waals surface area contributed by atoms with Crippen molar-refractivity contribution in [2.24, 2.45) is 0 Å². The highest BCUT2D eigenvalue weighted by atomic mass is 16.2. The summed E-state index contributed by atoms with van der Waals surface area (Å²) >= 11 is 0. The van der Waals surface area contributed by atoms with Gasteiger partial charge in [-0.25, -0.2) is 0 Å². The quantitative estimate of drug-likeness (QED) is 0.900. The highest BCUT2D eigenvalue weighted by Gasteiger charge is 2.14. The molecule has 104 valence electrons. The molecule has 1 aromatic carbocycles. The molecule has 0 saturated carbocycles. The maximum Gasteiger partial charge on any atom is 0.241 e. The lowest BCUT2D eigenvalue weighted by atomic mass is 10.0. The Balaban J connectivity index is 2.16. The average molecular weight is 261 g/mol. The van der Waals surface area contributed by atoms with Crippen molar-refractivity contribution < 1.29 is 4.79 Å². The van der Waals surface area contributed by atoms with Gasteiger partial charge in [0.1, 0.15) is 0 Å². The molecule has 4 heteroatoms. The number of carbonyl (C=O) groups excluding carboxylic acids is 1. The van der Waals surface area contributed by atoms with Crippen molar-refractivity contribution in [1.29, 1.82) is 0 Å². The molecular formula is C15H23N3O. The molecule has 0 saturated heterocycles. The van der Waals surface area contributed by atoms with Gasteiger partial charge >= 0.3 is 0 Å². The number of likely N-dealkylation sites (N-methyl/N-ethyl adjacent to an activating group) is 2. The third-order valence-corrected chi connectivity index (χ3v) is 3.60. The van der Waals surface area contributed by atoms with Crippen molar-refractivity contribution >= 4 is 17.3 Å². The second-order valence-electron chi connectivity index (χ2n) is 5.17. The number of hydrogen-bond acceptors (Lipinski definition) is 3. The molecule has 1 amide bonds. The molecule has 0 radical (unpaired) electrons. The Kier molecular flexibility index (Phi) is 4.30. The molecule has 1 aromatic rings. The number of anilines is 2. The number of aryl methyl sites for hydroxylation is 1. The van der Waals surface area contributed by atoms with Crippen LogP contribution >= 0.6 is 0 Å². The normalized spacial score (nSPS) is 13.4. The molecule has 1 aliphatic heterocycles. The van der Waals surface area contributed by atoms with Crippen molar-refractivity contribution in [3.05, 3.63) is 23.8 Å². The first-order valence-corrected chi connectivity index (χ1v) is 6.93. The monoisotopic (exact) mass is 261 g/mol. The van der Waals surface area contributed by atoms with Crippen LogP contribution in [0.15, 0.2) is 18.2 Å². The molecule has 4 nitrogen and oxygen atoms in total. The largest absolute Gasteiger partial charge is 0.385 e. The summed E-state index contributed by atoms with van der Waals surface area (Å²) in [5.41, 5.74) is 3.74. The number of rotatable bonds is 4. The molecule has 0 fully saturated rings. The van der Waals surface area contributed by atoms with E-state index >= 15 is 0 Å². The zero-order valence-corrected chi connectivity index (χ0v) is 12.1. The van der Waals surface area contributed by atoms with Gasteiger partial charge in [-0.1, -0.05) is 0 Å². The summed E-state index contributed by atoms with van der Waals surface area (Å²) in [6.07, 6.45) is 2.30. The van der Waals surface area contributed by atoms with Gasteiger partial charge in [-0.2, -0.15) is 0 Å². The number of benzene rings is 1. The molecule has 0 aliphatic carbocycles. The summed E-state index contributed by atoms with van der Waals surface area (Å²) in [7, 11) is 3.60. The van der Waals surface area contributed by atoms with Crippen LogP contribution in [0.25, 0.3) is 0 Å². The molecule has 1 aliphatic rings. The van der Waals surface area contributed by atoms with Crippen LogP contribution in [0.4, 0.5) is 11.4 Å². The standard InChI is InChI=1S/C15H23N3O/c1-4-18(11-15(19)17(2)3)13-7-8-14-12(10-13)6-5-9-16-14/h7-8,10,16H,4-6,9,11H2,1-3H3. The lowest BCUT2D eigenvalue weighted by Gasteiger charge is -2.26. The molecule has 0 spiro atoms. The van der Waals surface area contributed by atoms with E-state index in [4.69, 9.17) is 0 Å². The van der Waals surface area contributed by atoms with Gasteiger partial charge in [-0.05, 0) is 43.5 Å². The van der Waals surface area contributed by atoms with Crippen LogP contribution in [0.2, 0.25) is 0 Å². The predicted octanol–water partition coefficient (Wildman–Crippen LogP) is 1.96. The highest BCUT2D eigenvalue weighted by Crippen LogP contribution is 2.27. The Morgan fingerprint density at radius 1 is 1.37 bits per heavy atom. The van der Waals surface area contributed by atoms with E-state index in [0.717, 1.165) is 25.2 Å².